The van der Waals surface area contributed by atoms with Crippen LogP contribution in [0.15, 0.2) is 28.8 Å². The molecule has 8 heteroatoms. The van der Waals surface area contributed by atoms with E-state index >= 15 is 0 Å². The van der Waals surface area contributed by atoms with Gasteiger partial charge in [0.15, 0.2) is 0 Å². The van der Waals surface area contributed by atoms with E-state index in [1.807, 2.05) is 12.1 Å². The summed E-state index contributed by atoms with van der Waals surface area (Å²) in [6.07, 6.45) is 1.73. The Balaban J connectivity index is 1.34. The lowest BCUT2D eigenvalue weighted by Gasteiger charge is -2.27. The number of rotatable bonds is 8. The van der Waals surface area contributed by atoms with E-state index in [-0.39, 0.29) is 5.91 Å². The molecule has 1 aromatic heterocycles. The molecule has 2 N–H and O–H groups in total. The molecule has 2 heterocycles. The van der Waals surface area contributed by atoms with Crippen LogP contribution >= 0.6 is 11.6 Å². The Morgan fingerprint density at radius 3 is 2.81 bits per heavy atom. The molecule has 0 radical (unpaired) electrons. The number of aromatic nitrogens is 2. The van der Waals surface area contributed by atoms with Gasteiger partial charge in [-0.25, -0.2) is 0 Å². The Morgan fingerprint density at radius 1 is 1.27 bits per heavy atom. The third-order valence-electron chi connectivity index (χ3n) is 4.32. The van der Waals surface area contributed by atoms with Gasteiger partial charge in [-0.1, -0.05) is 16.8 Å². The quantitative estimate of drug-likeness (QED) is 0.729. The molecule has 0 saturated carbocycles. The molecule has 140 valence electrons. The zero-order chi connectivity index (χ0) is 18.2. The molecule has 26 heavy (non-hydrogen) atoms. The largest absolute Gasteiger partial charge is 0.355 e. The van der Waals surface area contributed by atoms with Crippen LogP contribution in [0.1, 0.15) is 18.7 Å². The van der Waals surface area contributed by atoms with Gasteiger partial charge in [0, 0.05) is 62.7 Å². The molecule has 0 unspecified atom stereocenters. The highest BCUT2D eigenvalue weighted by molar-refractivity contribution is 6.30. The van der Waals surface area contributed by atoms with E-state index in [1.54, 1.807) is 12.1 Å². The Labute approximate surface area is 158 Å². The standard InChI is InChI=1S/C18H24ClN5O2/c19-15-6-4-14(5-7-15)18-22-17(26-23-18)3-1-2-16(25)21-10-13-24-11-8-20-9-12-24/h4-7,20H,1-3,8-13H2,(H,21,25). The van der Waals surface area contributed by atoms with Crippen LogP contribution in [-0.2, 0) is 11.2 Å². The van der Waals surface area contributed by atoms with Crippen molar-refractivity contribution in [1.29, 1.82) is 0 Å². The number of nitrogens with zero attached hydrogens (tertiary/aromatic N) is 3. The van der Waals surface area contributed by atoms with Gasteiger partial charge in [-0.05, 0) is 30.7 Å². The highest BCUT2D eigenvalue weighted by Gasteiger charge is 2.11. The highest BCUT2D eigenvalue weighted by atomic mass is 35.5. The second-order valence-electron chi connectivity index (χ2n) is 6.31. The van der Waals surface area contributed by atoms with Gasteiger partial charge in [0.05, 0.1) is 0 Å². The minimum absolute atomic E-state index is 0.0672. The Kier molecular flexibility index (Phi) is 6.99. The molecule has 2 aromatic rings. The van der Waals surface area contributed by atoms with Crippen molar-refractivity contribution in [2.75, 3.05) is 39.3 Å². The lowest BCUT2D eigenvalue weighted by molar-refractivity contribution is -0.121. The lowest BCUT2D eigenvalue weighted by atomic mass is 10.2. The number of aryl methyl sites for hydroxylation is 1. The SMILES string of the molecule is O=C(CCCc1nc(-c2ccc(Cl)cc2)no1)NCCN1CCNCC1. The number of halogens is 1. The molecule has 0 aliphatic carbocycles. The number of hydrogen-bond donors (Lipinski definition) is 2. The molecule has 1 aromatic carbocycles. The van der Waals surface area contributed by atoms with Crippen molar-refractivity contribution in [2.24, 2.45) is 0 Å². The number of carbonyl (C=O) groups is 1. The normalized spacial score (nSPS) is 15.1. The van der Waals surface area contributed by atoms with E-state index in [2.05, 4.69) is 25.7 Å². The van der Waals surface area contributed by atoms with Crippen LogP contribution in [-0.4, -0.2) is 60.2 Å². The van der Waals surface area contributed by atoms with E-state index in [1.165, 1.54) is 0 Å². The van der Waals surface area contributed by atoms with Crippen LogP contribution in [0.3, 0.4) is 0 Å². The maximum Gasteiger partial charge on any atom is 0.226 e. The number of amides is 1. The maximum atomic E-state index is 11.9. The highest BCUT2D eigenvalue weighted by Crippen LogP contribution is 2.19. The van der Waals surface area contributed by atoms with Crippen molar-refractivity contribution in [3.8, 4) is 11.4 Å². The Hall–Kier alpha value is -1.96. The average Bonchev–Trinajstić information content (AvgIpc) is 3.12. The first-order valence-electron chi connectivity index (χ1n) is 8.99. The monoisotopic (exact) mass is 377 g/mol. The first-order valence-corrected chi connectivity index (χ1v) is 9.37. The van der Waals surface area contributed by atoms with Gasteiger partial charge >= 0.3 is 0 Å². The van der Waals surface area contributed by atoms with Gasteiger partial charge in [-0.15, -0.1) is 0 Å². The van der Waals surface area contributed by atoms with E-state index in [0.717, 1.165) is 38.3 Å². The number of benzene rings is 1. The molecule has 1 aliphatic heterocycles. The van der Waals surface area contributed by atoms with Crippen molar-refractivity contribution in [2.45, 2.75) is 19.3 Å². The van der Waals surface area contributed by atoms with Crippen LogP contribution in [0, 0.1) is 0 Å². The summed E-state index contributed by atoms with van der Waals surface area (Å²) >= 11 is 5.88. The summed E-state index contributed by atoms with van der Waals surface area (Å²) < 4.78 is 5.25. The summed E-state index contributed by atoms with van der Waals surface area (Å²) in [5, 5.41) is 10.9. The molecule has 0 atom stereocenters. The summed E-state index contributed by atoms with van der Waals surface area (Å²) in [5.74, 6) is 1.15. The second-order valence-corrected chi connectivity index (χ2v) is 6.75. The molecule has 1 aliphatic rings. The number of hydrogen-bond acceptors (Lipinski definition) is 6. The van der Waals surface area contributed by atoms with Crippen LogP contribution in [0.25, 0.3) is 11.4 Å². The number of nitrogens with one attached hydrogen (secondary N) is 2. The van der Waals surface area contributed by atoms with Crippen LogP contribution in [0.5, 0.6) is 0 Å². The molecular formula is C18H24ClN5O2. The van der Waals surface area contributed by atoms with Crippen molar-refractivity contribution >= 4 is 17.5 Å². The fourth-order valence-electron chi connectivity index (χ4n) is 2.85. The molecule has 0 bridgehead atoms. The predicted octanol–water partition coefficient (Wildman–Crippen LogP) is 1.73. The minimum Gasteiger partial charge on any atom is -0.355 e. The van der Waals surface area contributed by atoms with Gasteiger partial charge in [0.25, 0.3) is 0 Å². The van der Waals surface area contributed by atoms with Crippen molar-refractivity contribution in [3.63, 3.8) is 0 Å². The fraction of sp³-hybridized carbons (Fsp3) is 0.500. The maximum absolute atomic E-state index is 11.9. The first kappa shape index (κ1) is 18.8. The molecule has 1 amide bonds. The predicted molar refractivity (Wildman–Crippen MR) is 100 cm³/mol. The first-order chi connectivity index (χ1) is 12.7. The summed E-state index contributed by atoms with van der Waals surface area (Å²) in [6, 6.07) is 7.28. The molecule has 1 saturated heterocycles. The summed E-state index contributed by atoms with van der Waals surface area (Å²) in [6.45, 7) is 5.74. The van der Waals surface area contributed by atoms with Gasteiger partial charge in [0.1, 0.15) is 0 Å². The van der Waals surface area contributed by atoms with Crippen LogP contribution < -0.4 is 10.6 Å². The second kappa shape index (κ2) is 9.66. The van der Waals surface area contributed by atoms with E-state index in [0.29, 0.717) is 42.5 Å². The fourth-order valence-corrected chi connectivity index (χ4v) is 2.98. The van der Waals surface area contributed by atoms with Crippen LogP contribution in [0.4, 0.5) is 0 Å². The number of carbonyl (C=O) groups excluding carboxylic acids is 1. The Morgan fingerprint density at radius 2 is 2.04 bits per heavy atom. The number of piperazine rings is 1. The van der Waals surface area contributed by atoms with E-state index in [4.69, 9.17) is 16.1 Å². The summed E-state index contributed by atoms with van der Waals surface area (Å²) in [4.78, 5) is 18.6. The van der Waals surface area contributed by atoms with E-state index in [9.17, 15) is 4.79 Å². The van der Waals surface area contributed by atoms with Gasteiger partial charge in [-0.2, -0.15) is 4.98 Å². The summed E-state index contributed by atoms with van der Waals surface area (Å²) in [7, 11) is 0. The molecule has 3 rings (SSSR count). The topological polar surface area (TPSA) is 83.3 Å². The summed E-state index contributed by atoms with van der Waals surface area (Å²) in [5.41, 5.74) is 0.857. The molecule has 7 nitrogen and oxygen atoms in total. The molecule has 1 fully saturated rings. The van der Waals surface area contributed by atoms with Crippen molar-refractivity contribution in [1.82, 2.24) is 25.7 Å². The minimum atomic E-state index is 0.0672. The van der Waals surface area contributed by atoms with Gasteiger partial charge in [-0.3, -0.25) is 9.69 Å². The van der Waals surface area contributed by atoms with Gasteiger partial charge < -0.3 is 15.2 Å². The lowest BCUT2D eigenvalue weighted by Crippen LogP contribution is -2.46. The van der Waals surface area contributed by atoms with Crippen molar-refractivity contribution < 1.29 is 9.32 Å². The van der Waals surface area contributed by atoms with Gasteiger partial charge in [0.2, 0.25) is 17.6 Å². The third-order valence-corrected chi connectivity index (χ3v) is 4.58. The average molecular weight is 378 g/mol. The molecular weight excluding hydrogens is 354 g/mol. The Bertz CT molecular complexity index is 698. The zero-order valence-electron chi connectivity index (χ0n) is 14.7. The van der Waals surface area contributed by atoms with E-state index < -0.39 is 0 Å². The molecule has 0 spiro atoms. The van der Waals surface area contributed by atoms with Crippen LogP contribution in [0.2, 0.25) is 5.02 Å². The smallest absolute Gasteiger partial charge is 0.226 e. The third kappa shape index (κ3) is 5.79. The zero-order valence-corrected chi connectivity index (χ0v) is 15.5. The van der Waals surface area contributed by atoms with Crippen molar-refractivity contribution in [3.05, 3.63) is 35.2 Å².